The van der Waals surface area contributed by atoms with Crippen LogP contribution in [-0.4, -0.2) is 54.6 Å². The highest BCUT2D eigenvalue weighted by Gasteiger charge is 2.38. The number of nitrogens with zero attached hydrogens (tertiary/aromatic N) is 3. The number of aliphatic imine (C=N–C) groups is 1. The molecule has 24 heavy (non-hydrogen) atoms. The Morgan fingerprint density at radius 1 is 1.33 bits per heavy atom. The van der Waals surface area contributed by atoms with Gasteiger partial charge in [-0.25, -0.2) is 4.98 Å². The molecule has 0 bridgehead atoms. The first-order valence-corrected chi connectivity index (χ1v) is 9.52. The number of likely N-dealkylation sites (tertiary alicyclic amines) is 1. The molecule has 5 nitrogen and oxygen atoms in total. The smallest absolute Gasteiger partial charge is 0.191 e. The Bertz CT molecular complexity index is 569. The molecule has 0 spiro atoms. The molecule has 2 N–H and O–H groups in total. The van der Waals surface area contributed by atoms with Crippen molar-refractivity contribution in [3.05, 3.63) is 15.6 Å². The lowest BCUT2D eigenvalue weighted by molar-refractivity contribution is 0.315. The van der Waals surface area contributed by atoms with Crippen molar-refractivity contribution in [1.29, 1.82) is 0 Å². The SMILES string of the molecule is CN=C(NCCc1sc(C)nc1C)NC1CN(C2CC2)CC1C.I. The molecule has 1 saturated carbocycles. The molecule has 7 heteroatoms. The standard InChI is InChI=1S/C17H29N5S.HI/c1-11-9-22(14-5-6-14)10-15(11)21-17(18-4)19-8-7-16-12(2)20-13(3)23-16;/h11,14-15H,5-10H2,1-4H3,(H2,18,19,21);1H. The van der Waals surface area contributed by atoms with Crippen LogP contribution in [0.25, 0.3) is 0 Å². The molecule has 0 aromatic carbocycles. The third kappa shape index (κ3) is 5.05. The second kappa shape index (κ2) is 8.80. The molecule has 0 radical (unpaired) electrons. The summed E-state index contributed by atoms with van der Waals surface area (Å²) in [6, 6.07) is 1.37. The van der Waals surface area contributed by atoms with Crippen molar-refractivity contribution >= 4 is 41.3 Å². The molecule has 1 aliphatic heterocycles. The lowest BCUT2D eigenvalue weighted by Gasteiger charge is -2.20. The van der Waals surface area contributed by atoms with Gasteiger partial charge in [-0.1, -0.05) is 6.92 Å². The quantitative estimate of drug-likeness (QED) is 0.401. The molecule has 1 aromatic heterocycles. The molecular formula is C17H30IN5S. The topological polar surface area (TPSA) is 52.6 Å². The number of halogens is 1. The van der Waals surface area contributed by atoms with Crippen molar-refractivity contribution in [3.8, 4) is 0 Å². The average molecular weight is 463 g/mol. The van der Waals surface area contributed by atoms with E-state index in [-0.39, 0.29) is 24.0 Å². The highest BCUT2D eigenvalue weighted by atomic mass is 127. The summed E-state index contributed by atoms with van der Waals surface area (Å²) in [6.07, 6.45) is 3.78. The van der Waals surface area contributed by atoms with E-state index in [0.717, 1.165) is 36.5 Å². The first kappa shape index (κ1) is 19.9. The lowest BCUT2D eigenvalue weighted by atomic mass is 10.1. The van der Waals surface area contributed by atoms with Gasteiger partial charge in [0.2, 0.25) is 0 Å². The normalized spacial score (nSPS) is 24.8. The maximum absolute atomic E-state index is 4.49. The van der Waals surface area contributed by atoms with Gasteiger partial charge >= 0.3 is 0 Å². The molecule has 2 fully saturated rings. The Labute approximate surface area is 166 Å². The summed E-state index contributed by atoms with van der Waals surface area (Å²) in [6.45, 7) is 9.78. The summed E-state index contributed by atoms with van der Waals surface area (Å²) in [5.74, 6) is 1.61. The van der Waals surface area contributed by atoms with E-state index >= 15 is 0 Å². The maximum Gasteiger partial charge on any atom is 0.191 e. The monoisotopic (exact) mass is 463 g/mol. The number of aryl methyl sites for hydroxylation is 2. The van der Waals surface area contributed by atoms with Crippen LogP contribution >= 0.6 is 35.3 Å². The Hall–Kier alpha value is -0.410. The minimum absolute atomic E-state index is 0. The second-order valence-corrected chi connectivity index (χ2v) is 8.19. The zero-order valence-electron chi connectivity index (χ0n) is 15.1. The molecule has 2 aliphatic rings. The highest BCUT2D eigenvalue weighted by molar-refractivity contribution is 14.0. The molecule has 1 aromatic rings. The third-order valence-electron chi connectivity index (χ3n) is 4.89. The Balaban J connectivity index is 0.00000208. The molecule has 0 amide bonds. The zero-order valence-corrected chi connectivity index (χ0v) is 18.3. The Morgan fingerprint density at radius 3 is 2.67 bits per heavy atom. The minimum Gasteiger partial charge on any atom is -0.356 e. The van der Waals surface area contributed by atoms with E-state index in [2.05, 4.69) is 46.3 Å². The average Bonchev–Trinajstić information content (AvgIpc) is 3.23. The van der Waals surface area contributed by atoms with Crippen LogP contribution in [0.2, 0.25) is 0 Å². The highest BCUT2D eigenvalue weighted by Crippen LogP contribution is 2.31. The Morgan fingerprint density at radius 2 is 2.08 bits per heavy atom. The van der Waals surface area contributed by atoms with Crippen LogP contribution in [0.4, 0.5) is 0 Å². The van der Waals surface area contributed by atoms with Crippen molar-refractivity contribution < 1.29 is 0 Å². The van der Waals surface area contributed by atoms with E-state index in [1.54, 1.807) is 11.3 Å². The van der Waals surface area contributed by atoms with Crippen molar-refractivity contribution in [3.63, 3.8) is 0 Å². The van der Waals surface area contributed by atoms with Gasteiger partial charge in [0.1, 0.15) is 0 Å². The van der Waals surface area contributed by atoms with E-state index in [4.69, 9.17) is 0 Å². The summed E-state index contributed by atoms with van der Waals surface area (Å²) in [4.78, 5) is 12.9. The van der Waals surface area contributed by atoms with Crippen LogP contribution in [0.5, 0.6) is 0 Å². The van der Waals surface area contributed by atoms with Crippen LogP contribution in [0.15, 0.2) is 4.99 Å². The molecule has 3 rings (SSSR count). The van der Waals surface area contributed by atoms with E-state index in [9.17, 15) is 0 Å². The number of hydrogen-bond acceptors (Lipinski definition) is 4. The van der Waals surface area contributed by atoms with Crippen LogP contribution in [-0.2, 0) is 6.42 Å². The van der Waals surface area contributed by atoms with Gasteiger partial charge in [0, 0.05) is 50.1 Å². The molecular weight excluding hydrogens is 433 g/mol. The van der Waals surface area contributed by atoms with Gasteiger partial charge in [-0.15, -0.1) is 35.3 Å². The van der Waals surface area contributed by atoms with Crippen LogP contribution in [0, 0.1) is 19.8 Å². The van der Waals surface area contributed by atoms with Crippen LogP contribution in [0.3, 0.4) is 0 Å². The summed E-state index contributed by atoms with van der Waals surface area (Å²) in [7, 11) is 1.86. The summed E-state index contributed by atoms with van der Waals surface area (Å²) in [5.41, 5.74) is 1.17. The molecule has 1 saturated heterocycles. The molecule has 2 heterocycles. The number of guanidine groups is 1. The van der Waals surface area contributed by atoms with E-state index in [1.807, 2.05) is 7.05 Å². The molecule has 1 aliphatic carbocycles. The third-order valence-corrected chi connectivity index (χ3v) is 6.03. The first-order valence-electron chi connectivity index (χ1n) is 8.71. The van der Waals surface area contributed by atoms with Gasteiger partial charge in [0.15, 0.2) is 5.96 Å². The van der Waals surface area contributed by atoms with Crippen molar-refractivity contribution in [2.24, 2.45) is 10.9 Å². The lowest BCUT2D eigenvalue weighted by Crippen LogP contribution is -2.47. The van der Waals surface area contributed by atoms with E-state index in [1.165, 1.54) is 30.0 Å². The largest absolute Gasteiger partial charge is 0.356 e. The van der Waals surface area contributed by atoms with Gasteiger partial charge in [-0.05, 0) is 32.6 Å². The fourth-order valence-electron chi connectivity index (χ4n) is 3.40. The van der Waals surface area contributed by atoms with Crippen LogP contribution in [0.1, 0.15) is 35.3 Å². The summed E-state index contributed by atoms with van der Waals surface area (Å²) < 4.78 is 0. The number of nitrogens with one attached hydrogen (secondary N) is 2. The van der Waals surface area contributed by atoms with Crippen molar-refractivity contribution in [2.75, 3.05) is 26.7 Å². The summed E-state index contributed by atoms with van der Waals surface area (Å²) >= 11 is 1.80. The number of aromatic nitrogens is 1. The molecule has 136 valence electrons. The van der Waals surface area contributed by atoms with Crippen LogP contribution < -0.4 is 10.6 Å². The fourth-order valence-corrected chi connectivity index (χ4v) is 4.34. The Kier molecular flexibility index (Phi) is 7.30. The number of hydrogen-bond donors (Lipinski definition) is 2. The van der Waals surface area contributed by atoms with Gasteiger partial charge < -0.3 is 10.6 Å². The van der Waals surface area contributed by atoms with Gasteiger partial charge in [-0.2, -0.15) is 0 Å². The van der Waals surface area contributed by atoms with E-state index in [0.29, 0.717) is 12.0 Å². The van der Waals surface area contributed by atoms with E-state index < -0.39 is 0 Å². The second-order valence-electron chi connectivity index (χ2n) is 6.90. The van der Waals surface area contributed by atoms with Gasteiger partial charge in [0.25, 0.3) is 0 Å². The number of rotatable bonds is 5. The zero-order chi connectivity index (χ0) is 16.4. The maximum atomic E-state index is 4.49. The predicted molar refractivity (Wildman–Crippen MR) is 113 cm³/mol. The van der Waals surface area contributed by atoms with Crippen molar-refractivity contribution in [2.45, 2.75) is 52.1 Å². The van der Waals surface area contributed by atoms with Gasteiger partial charge in [-0.3, -0.25) is 9.89 Å². The number of thiazole rings is 1. The minimum atomic E-state index is 0. The van der Waals surface area contributed by atoms with Crippen molar-refractivity contribution in [1.82, 2.24) is 20.5 Å². The first-order chi connectivity index (χ1) is 11.1. The molecule has 2 unspecified atom stereocenters. The van der Waals surface area contributed by atoms with Gasteiger partial charge in [0.05, 0.1) is 10.7 Å². The molecule has 2 atom stereocenters. The fraction of sp³-hybridized carbons (Fsp3) is 0.765. The predicted octanol–water partition coefficient (Wildman–Crippen LogP) is 2.57. The summed E-state index contributed by atoms with van der Waals surface area (Å²) in [5, 5.41) is 8.23.